The van der Waals surface area contributed by atoms with Crippen molar-refractivity contribution in [3.63, 3.8) is 0 Å². The van der Waals surface area contributed by atoms with Gasteiger partial charge >= 0.3 is 0 Å². The molecule has 1 aliphatic rings. The second kappa shape index (κ2) is 5.62. The fourth-order valence-corrected chi connectivity index (χ4v) is 2.31. The van der Waals surface area contributed by atoms with E-state index in [1.54, 1.807) is 0 Å². The fraction of sp³-hybridized carbons (Fsp3) is 0.500. The van der Waals surface area contributed by atoms with Gasteiger partial charge in [0, 0.05) is 6.54 Å². The molecule has 0 saturated heterocycles. The standard InChI is InChI=1S/C12H14ClN5O2/c13-9-4-16-18(6-8-2-1-3-8)12(19)11(9)14-5-10-15-7-20-17-10/h4,7-8,14H,1-3,5-6H2. The number of rotatable bonds is 5. The number of hydrogen-bond donors (Lipinski definition) is 1. The van der Waals surface area contributed by atoms with Crippen molar-refractivity contribution < 1.29 is 4.52 Å². The zero-order chi connectivity index (χ0) is 13.9. The van der Waals surface area contributed by atoms with E-state index in [2.05, 4.69) is 25.1 Å². The summed E-state index contributed by atoms with van der Waals surface area (Å²) in [5.74, 6) is 1.01. The van der Waals surface area contributed by atoms with Crippen molar-refractivity contribution in [2.45, 2.75) is 32.4 Å². The molecule has 20 heavy (non-hydrogen) atoms. The molecule has 1 aliphatic carbocycles. The molecule has 2 aromatic heterocycles. The summed E-state index contributed by atoms with van der Waals surface area (Å²) in [6.07, 6.45) is 6.26. The van der Waals surface area contributed by atoms with E-state index in [-0.39, 0.29) is 12.1 Å². The zero-order valence-corrected chi connectivity index (χ0v) is 11.5. The zero-order valence-electron chi connectivity index (χ0n) is 10.8. The van der Waals surface area contributed by atoms with Crippen LogP contribution in [-0.4, -0.2) is 19.9 Å². The van der Waals surface area contributed by atoms with Gasteiger partial charge in [-0.1, -0.05) is 23.2 Å². The van der Waals surface area contributed by atoms with Gasteiger partial charge in [-0.3, -0.25) is 4.79 Å². The summed E-state index contributed by atoms with van der Waals surface area (Å²) < 4.78 is 6.10. The summed E-state index contributed by atoms with van der Waals surface area (Å²) in [5.41, 5.74) is 0.110. The molecule has 0 aromatic carbocycles. The van der Waals surface area contributed by atoms with Crippen molar-refractivity contribution in [3.8, 4) is 0 Å². The minimum atomic E-state index is -0.215. The lowest BCUT2D eigenvalue weighted by Crippen LogP contribution is -2.30. The maximum atomic E-state index is 12.3. The summed E-state index contributed by atoms with van der Waals surface area (Å²) in [4.78, 5) is 16.2. The smallest absolute Gasteiger partial charge is 0.291 e. The van der Waals surface area contributed by atoms with Crippen molar-refractivity contribution in [1.82, 2.24) is 19.9 Å². The predicted molar refractivity (Wildman–Crippen MR) is 72.5 cm³/mol. The Kier molecular flexibility index (Phi) is 3.68. The highest BCUT2D eigenvalue weighted by Gasteiger charge is 2.20. The van der Waals surface area contributed by atoms with E-state index in [4.69, 9.17) is 11.6 Å². The van der Waals surface area contributed by atoms with E-state index in [1.807, 2.05) is 0 Å². The largest absolute Gasteiger partial charge is 0.372 e. The molecule has 0 bridgehead atoms. The van der Waals surface area contributed by atoms with Crippen LogP contribution in [0.15, 0.2) is 21.9 Å². The average molecular weight is 296 g/mol. The monoisotopic (exact) mass is 295 g/mol. The Bertz CT molecular complexity index is 636. The van der Waals surface area contributed by atoms with Crippen molar-refractivity contribution in [2.24, 2.45) is 5.92 Å². The summed E-state index contributed by atoms with van der Waals surface area (Å²) in [5, 5.41) is 11.0. The Morgan fingerprint density at radius 3 is 3.00 bits per heavy atom. The molecule has 0 amide bonds. The van der Waals surface area contributed by atoms with Crippen LogP contribution in [0.5, 0.6) is 0 Å². The van der Waals surface area contributed by atoms with Crippen LogP contribution in [0.4, 0.5) is 5.69 Å². The molecule has 106 valence electrons. The van der Waals surface area contributed by atoms with Crippen LogP contribution in [0.3, 0.4) is 0 Å². The molecule has 3 rings (SSSR count). The first kappa shape index (κ1) is 13.1. The molecule has 2 heterocycles. The predicted octanol–water partition coefficient (Wildman–Crippen LogP) is 1.69. The fourth-order valence-electron chi connectivity index (χ4n) is 2.12. The number of nitrogens with one attached hydrogen (secondary N) is 1. The third-order valence-corrected chi connectivity index (χ3v) is 3.77. The number of hydrogen-bond acceptors (Lipinski definition) is 6. The molecule has 0 spiro atoms. The molecule has 0 atom stereocenters. The first-order chi connectivity index (χ1) is 9.74. The van der Waals surface area contributed by atoms with Gasteiger partial charge in [0.25, 0.3) is 5.56 Å². The molecular formula is C12H14ClN5O2. The highest BCUT2D eigenvalue weighted by atomic mass is 35.5. The SMILES string of the molecule is O=c1c(NCc2ncon2)c(Cl)cnn1CC1CCC1. The second-order valence-electron chi connectivity index (χ2n) is 4.85. The molecular weight excluding hydrogens is 282 g/mol. The van der Waals surface area contributed by atoms with Crippen molar-refractivity contribution in [1.29, 1.82) is 0 Å². The third-order valence-electron chi connectivity index (χ3n) is 3.48. The number of anilines is 1. The maximum Gasteiger partial charge on any atom is 0.291 e. The van der Waals surface area contributed by atoms with Gasteiger partial charge in [-0.25, -0.2) is 4.68 Å². The number of nitrogens with zero attached hydrogens (tertiary/aromatic N) is 4. The average Bonchev–Trinajstić information content (AvgIpc) is 2.89. The van der Waals surface area contributed by atoms with Crippen LogP contribution < -0.4 is 10.9 Å². The Labute approximate surface area is 119 Å². The number of aromatic nitrogens is 4. The summed E-state index contributed by atoms with van der Waals surface area (Å²) in [6, 6.07) is 0. The van der Waals surface area contributed by atoms with Gasteiger partial charge in [0.05, 0.1) is 17.8 Å². The molecule has 0 radical (unpaired) electrons. The van der Waals surface area contributed by atoms with Gasteiger partial charge in [-0.05, 0) is 18.8 Å². The Morgan fingerprint density at radius 1 is 1.50 bits per heavy atom. The molecule has 0 aliphatic heterocycles. The Hall–Kier alpha value is -1.89. The lowest BCUT2D eigenvalue weighted by molar-refractivity contribution is 0.262. The normalized spacial score (nSPS) is 15.1. The topological polar surface area (TPSA) is 85.8 Å². The molecule has 8 heteroatoms. The highest BCUT2D eigenvalue weighted by molar-refractivity contribution is 6.32. The van der Waals surface area contributed by atoms with Crippen LogP contribution in [0.1, 0.15) is 25.1 Å². The Balaban J connectivity index is 1.77. The van der Waals surface area contributed by atoms with Crippen molar-refractivity contribution >= 4 is 17.3 Å². The third kappa shape index (κ3) is 2.67. The Morgan fingerprint density at radius 2 is 2.35 bits per heavy atom. The summed E-state index contributed by atoms with van der Waals surface area (Å²) >= 11 is 6.02. The van der Waals surface area contributed by atoms with Gasteiger partial charge in [-0.2, -0.15) is 10.1 Å². The van der Waals surface area contributed by atoms with Crippen LogP contribution >= 0.6 is 11.6 Å². The van der Waals surface area contributed by atoms with Crippen LogP contribution in [0.2, 0.25) is 5.02 Å². The van der Waals surface area contributed by atoms with Gasteiger partial charge in [0.2, 0.25) is 6.39 Å². The molecule has 2 aromatic rings. The van der Waals surface area contributed by atoms with Gasteiger partial charge in [0.1, 0.15) is 5.69 Å². The number of halogens is 1. The first-order valence-electron chi connectivity index (χ1n) is 6.49. The highest BCUT2D eigenvalue weighted by Crippen LogP contribution is 2.27. The van der Waals surface area contributed by atoms with Gasteiger partial charge in [0.15, 0.2) is 5.82 Å². The molecule has 1 saturated carbocycles. The molecule has 0 unspecified atom stereocenters. The van der Waals surface area contributed by atoms with Crippen LogP contribution in [-0.2, 0) is 13.1 Å². The minimum absolute atomic E-state index is 0.215. The van der Waals surface area contributed by atoms with E-state index in [0.29, 0.717) is 29.0 Å². The van der Waals surface area contributed by atoms with Gasteiger partial charge < -0.3 is 9.84 Å². The lowest BCUT2D eigenvalue weighted by atomic mass is 9.85. The quantitative estimate of drug-likeness (QED) is 0.903. The lowest BCUT2D eigenvalue weighted by Gasteiger charge is -2.25. The molecule has 1 N–H and O–H groups in total. The summed E-state index contributed by atoms with van der Waals surface area (Å²) in [6.45, 7) is 0.922. The van der Waals surface area contributed by atoms with E-state index in [0.717, 1.165) is 12.8 Å². The van der Waals surface area contributed by atoms with Crippen molar-refractivity contribution in [2.75, 3.05) is 5.32 Å². The van der Waals surface area contributed by atoms with E-state index >= 15 is 0 Å². The first-order valence-corrected chi connectivity index (χ1v) is 6.86. The second-order valence-corrected chi connectivity index (χ2v) is 5.26. The molecule has 1 fully saturated rings. The van der Waals surface area contributed by atoms with E-state index in [1.165, 1.54) is 23.7 Å². The molecule has 7 nitrogen and oxygen atoms in total. The van der Waals surface area contributed by atoms with E-state index < -0.39 is 0 Å². The maximum absolute atomic E-state index is 12.3. The van der Waals surface area contributed by atoms with E-state index in [9.17, 15) is 4.79 Å². The van der Waals surface area contributed by atoms with Crippen LogP contribution in [0.25, 0.3) is 0 Å². The van der Waals surface area contributed by atoms with Gasteiger partial charge in [-0.15, -0.1) is 0 Å². The van der Waals surface area contributed by atoms with Crippen LogP contribution in [0, 0.1) is 5.92 Å². The van der Waals surface area contributed by atoms with Crippen molar-refractivity contribution in [3.05, 3.63) is 33.8 Å². The summed E-state index contributed by atoms with van der Waals surface area (Å²) in [7, 11) is 0. The minimum Gasteiger partial charge on any atom is -0.372 e.